The molecule has 0 aliphatic carbocycles. The number of nitrogens with zero attached hydrogens (tertiary/aromatic N) is 3. The van der Waals surface area contributed by atoms with Crippen molar-refractivity contribution in [2.75, 3.05) is 6.61 Å². The fourth-order valence-corrected chi connectivity index (χ4v) is 2.30. The third-order valence-electron chi connectivity index (χ3n) is 3.45. The third-order valence-corrected chi connectivity index (χ3v) is 3.45. The van der Waals surface area contributed by atoms with Crippen molar-refractivity contribution in [2.45, 2.75) is 24.5 Å². The van der Waals surface area contributed by atoms with Gasteiger partial charge in [-0.2, -0.15) is 15.4 Å². The van der Waals surface area contributed by atoms with E-state index in [4.69, 9.17) is 9.84 Å². The van der Waals surface area contributed by atoms with Gasteiger partial charge in [0, 0.05) is 6.20 Å². The molecular weight excluding hydrogens is 298 g/mol. The summed E-state index contributed by atoms with van der Waals surface area (Å²) in [6, 6.07) is 0. The summed E-state index contributed by atoms with van der Waals surface area (Å²) in [5, 5.41) is 38.4. The minimum absolute atomic E-state index is 0.0334. The molecule has 1 aliphatic rings. The molecular formula is C11H13N5O6. The van der Waals surface area contributed by atoms with Gasteiger partial charge >= 0.3 is 5.69 Å². The van der Waals surface area contributed by atoms with E-state index in [2.05, 4.69) is 20.4 Å². The number of nitrogens with one attached hydrogen (secondary N) is 2. The van der Waals surface area contributed by atoms with Gasteiger partial charge in [-0.15, -0.1) is 0 Å². The monoisotopic (exact) mass is 311 g/mol. The van der Waals surface area contributed by atoms with E-state index in [0.717, 1.165) is 10.8 Å². The molecule has 0 amide bonds. The van der Waals surface area contributed by atoms with Gasteiger partial charge in [0.1, 0.15) is 24.0 Å². The van der Waals surface area contributed by atoms with Crippen molar-refractivity contribution < 1.29 is 20.1 Å². The number of ether oxygens (including phenoxy) is 1. The van der Waals surface area contributed by atoms with Gasteiger partial charge in [0.2, 0.25) is 0 Å². The quantitative estimate of drug-likeness (QED) is 0.398. The summed E-state index contributed by atoms with van der Waals surface area (Å²) in [6.07, 6.45) is -2.64. The van der Waals surface area contributed by atoms with Gasteiger partial charge in [0.15, 0.2) is 6.23 Å². The molecule has 1 fully saturated rings. The molecule has 1 aliphatic heterocycles. The molecule has 118 valence electrons. The average Bonchev–Trinajstić information content (AvgIpc) is 3.10. The van der Waals surface area contributed by atoms with E-state index < -0.39 is 42.4 Å². The Kier molecular flexibility index (Phi) is 3.62. The number of aliphatic hydroxyl groups is 3. The third kappa shape index (κ3) is 2.25. The Bertz CT molecular complexity index is 768. The SMILES string of the molecule is O=c1[nH]c(=O)n(C2OC(CO)C(O)C2O)cc1-c1cn[nH]n1. The summed E-state index contributed by atoms with van der Waals surface area (Å²) in [4.78, 5) is 25.8. The lowest BCUT2D eigenvalue weighted by Gasteiger charge is -2.17. The average molecular weight is 311 g/mol. The van der Waals surface area contributed by atoms with Gasteiger partial charge in [0.25, 0.3) is 5.56 Å². The molecule has 4 unspecified atom stereocenters. The first-order chi connectivity index (χ1) is 10.5. The van der Waals surface area contributed by atoms with E-state index >= 15 is 0 Å². The zero-order valence-electron chi connectivity index (χ0n) is 11.1. The zero-order valence-corrected chi connectivity index (χ0v) is 11.1. The molecule has 4 atom stereocenters. The summed E-state index contributed by atoms with van der Waals surface area (Å²) in [7, 11) is 0. The Morgan fingerprint density at radius 3 is 2.68 bits per heavy atom. The summed E-state index contributed by atoms with van der Waals surface area (Å²) < 4.78 is 6.19. The second kappa shape index (κ2) is 5.46. The number of aliphatic hydroxyl groups excluding tert-OH is 3. The summed E-state index contributed by atoms with van der Waals surface area (Å²) in [6.45, 7) is -0.525. The Hall–Kier alpha value is -2.34. The second-order valence-corrected chi connectivity index (χ2v) is 4.79. The fraction of sp³-hybridized carbons (Fsp3) is 0.455. The van der Waals surface area contributed by atoms with E-state index in [1.54, 1.807) is 0 Å². The van der Waals surface area contributed by atoms with Crippen molar-refractivity contribution >= 4 is 0 Å². The van der Waals surface area contributed by atoms with E-state index in [-0.39, 0.29) is 11.3 Å². The zero-order chi connectivity index (χ0) is 15.9. The first-order valence-electron chi connectivity index (χ1n) is 6.37. The first-order valence-corrected chi connectivity index (χ1v) is 6.37. The highest BCUT2D eigenvalue weighted by Gasteiger charge is 2.43. The van der Waals surface area contributed by atoms with Crippen molar-refractivity contribution in [3.8, 4) is 11.3 Å². The Balaban J connectivity index is 2.07. The van der Waals surface area contributed by atoms with E-state index in [0.29, 0.717) is 0 Å². The minimum Gasteiger partial charge on any atom is -0.394 e. The topological polar surface area (TPSA) is 166 Å². The van der Waals surface area contributed by atoms with Crippen molar-refractivity contribution in [3.05, 3.63) is 33.2 Å². The van der Waals surface area contributed by atoms with Crippen LogP contribution in [0.1, 0.15) is 6.23 Å². The van der Waals surface area contributed by atoms with E-state index in [1.165, 1.54) is 6.20 Å². The number of H-pyrrole nitrogens is 2. The smallest absolute Gasteiger partial charge is 0.330 e. The number of aromatic amines is 2. The van der Waals surface area contributed by atoms with Crippen LogP contribution in [0.2, 0.25) is 0 Å². The Morgan fingerprint density at radius 2 is 2.09 bits per heavy atom. The molecule has 3 heterocycles. The van der Waals surface area contributed by atoms with Crippen molar-refractivity contribution in [1.82, 2.24) is 25.0 Å². The van der Waals surface area contributed by atoms with Crippen LogP contribution in [0.5, 0.6) is 0 Å². The summed E-state index contributed by atoms with van der Waals surface area (Å²) >= 11 is 0. The molecule has 1 saturated heterocycles. The molecule has 11 nitrogen and oxygen atoms in total. The first kappa shape index (κ1) is 14.6. The van der Waals surface area contributed by atoms with Gasteiger partial charge in [-0.1, -0.05) is 0 Å². The van der Waals surface area contributed by atoms with Crippen molar-refractivity contribution in [3.63, 3.8) is 0 Å². The predicted molar refractivity (Wildman–Crippen MR) is 69.7 cm³/mol. The number of hydrogen-bond donors (Lipinski definition) is 5. The van der Waals surface area contributed by atoms with Crippen LogP contribution in [-0.2, 0) is 4.74 Å². The maximum absolute atomic E-state index is 11.9. The number of rotatable bonds is 3. The van der Waals surface area contributed by atoms with Crippen molar-refractivity contribution in [2.24, 2.45) is 0 Å². The molecule has 5 N–H and O–H groups in total. The van der Waals surface area contributed by atoms with Crippen molar-refractivity contribution in [1.29, 1.82) is 0 Å². The molecule has 0 bridgehead atoms. The molecule has 0 aromatic carbocycles. The Labute approximate surface area is 121 Å². The molecule has 0 saturated carbocycles. The lowest BCUT2D eigenvalue weighted by molar-refractivity contribution is -0.0549. The van der Waals surface area contributed by atoms with Crippen LogP contribution in [0.25, 0.3) is 11.3 Å². The largest absolute Gasteiger partial charge is 0.394 e. The van der Waals surface area contributed by atoms with E-state index in [9.17, 15) is 19.8 Å². The van der Waals surface area contributed by atoms with Crippen LogP contribution in [0.3, 0.4) is 0 Å². The van der Waals surface area contributed by atoms with Gasteiger partial charge in [-0.25, -0.2) is 4.79 Å². The molecule has 0 spiro atoms. The van der Waals surface area contributed by atoms with Gasteiger partial charge in [-0.05, 0) is 0 Å². The van der Waals surface area contributed by atoms with Gasteiger partial charge in [0.05, 0.1) is 18.4 Å². The lowest BCUT2D eigenvalue weighted by atomic mass is 10.1. The predicted octanol–water partition coefficient (Wildman–Crippen LogP) is -3.07. The van der Waals surface area contributed by atoms with Crippen LogP contribution in [-0.4, -0.2) is 65.2 Å². The number of aromatic nitrogens is 5. The second-order valence-electron chi connectivity index (χ2n) is 4.79. The molecule has 22 heavy (non-hydrogen) atoms. The van der Waals surface area contributed by atoms with Crippen LogP contribution in [0.15, 0.2) is 22.0 Å². The maximum Gasteiger partial charge on any atom is 0.330 e. The van der Waals surface area contributed by atoms with E-state index in [1.807, 2.05) is 0 Å². The fourth-order valence-electron chi connectivity index (χ4n) is 2.30. The molecule has 3 rings (SSSR count). The van der Waals surface area contributed by atoms with Gasteiger partial charge in [-0.3, -0.25) is 14.3 Å². The molecule has 0 radical (unpaired) electrons. The molecule has 11 heteroatoms. The highest BCUT2D eigenvalue weighted by Crippen LogP contribution is 2.28. The normalized spacial score (nSPS) is 28.1. The van der Waals surface area contributed by atoms with Crippen LogP contribution >= 0.6 is 0 Å². The summed E-state index contributed by atoms with van der Waals surface area (Å²) in [5.41, 5.74) is -1.28. The van der Waals surface area contributed by atoms with Gasteiger partial charge < -0.3 is 20.1 Å². The van der Waals surface area contributed by atoms with Crippen LogP contribution in [0.4, 0.5) is 0 Å². The number of hydrogen-bond acceptors (Lipinski definition) is 8. The highest BCUT2D eigenvalue weighted by atomic mass is 16.6. The highest BCUT2D eigenvalue weighted by molar-refractivity contribution is 5.54. The molecule has 2 aromatic heterocycles. The minimum atomic E-state index is -1.44. The maximum atomic E-state index is 11.9. The lowest BCUT2D eigenvalue weighted by Crippen LogP contribution is -2.38. The Morgan fingerprint density at radius 1 is 1.32 bits per heavy atom. The van der Waals surface area contributed by atoms with Crippen LogP contribution in [0, 0.1) is 0 Å². The summed E-state index contributed by atoms with van der Waals surface area (Å²) in [5.74, 6) is 0. The molecule has 2 aromatic rings. The standard InChI is InChI=1S/C11H13N5O6/c17-3-6-7(18)8(19)10(22-6)16-2-4(5-1-12-15-14-5)9(20)13-11(16)21/h1-2,6-8,10,17-19H,3H2,(H,12,14,15)(H,13,20,21). The van der Waals surface area contributed by atoms with Crippen LogP contribution < -0.4 is 11.2 Å².